The maximum Gasteiger partial charge on any atom is 0.167 e. The zero-order chi connectivity index (χ0) is 15.9. The maximum atomic E-state index is 10.8. The van der Waals surface area contributed by atoms with E-state index in [1.54, 1.807) is 0 Å². The van der Waals surface area contributed by atoms with Crippen LogP contribution in [0.3, 0.4) is 0 Å². The highest BCUT2D eigenvalue weighted by molar-refractivity contribution is 7.43. The Bertz CT molecular complexity index is 732. The van der Waals surface area contributed by atoms with Crippen LogP contribution in [0, 0.1) is 0 Å². The van der Waals surface area contributed by atoms with Crippen LogP contribution < -0.4 is 15.5 Å². The molecule has 11 nitrogen and oxygen atoms in total. The normalized spacial score (nSPS) is 25.9. The zero-order valence-corrected chi connectivity index (χ0v) is 12.0. The van der Waals surface area contributed by atoms with E-state index in [1.165, 1.54) is 17.2 Å². The SMILES string of the molecule is Nc1ncnc2c1ncn2[C@H]1C[C@H](OP(=O)([O-])[O-])[C@@H](CO)O1. The lowest BCUT2D eigenvalue weighted by Crippen LogP contribution is -2.31. The predicted molar refractivity (Wildman–Crippen MR) is 67.8 cm³/mol. The topological polar surface area (TPSA) is 172 Å². The fourth-order valence-electron chi connectivity index (χ4n) is 2.39. The molecule has 22 heavy (non-hydrogen) atoms. The molecule has 0 bridgehead atoms. The summed E-state index contributed by atoms with van der Waals surface area (Å²) in [6.45, 7) is -0.495. The summed E-state index contributed by atoms with van der Waals surface area (Å²) >= 11 is 0. The molecule has 0 saturated carbocycles. The molecule has 3 heterocycles. The van der Waals surface area contributed by atoms with Gasteiger partial charge in [-0.1, -0.05) is 0 Å². The molecule has 0 radical (unpaired) electrons. The number of ether oxygens (including phenoxy) is 1. The first-order valence-corrected chi connectivity index (χ1v) is 7.75. The minimum Gasteiger partial charge on any atom is -0.790 e. The molecule has 120 valence electrons. The van der Waals surface area contributed by atoms with Gasteiger partial charge in [0.1, 0.15) is 24.2 Å². The van der Waals surface area contributed by atoms with E-state index in [1.807, 2.05) is 0 Å². The Hall–Kier alpha value is -1.62. The van der Waals surface area contributed by atoms with Gasteiger partial charge < -0.3 is 34.5 Å². The molecular weight excluding hydrogens is 317 g/mol. The van der Waals surface area contributed by atoms with Crippen molar-refractivity contribution in [3.05, 3.63) is 12.7 Å². The van der Waals surface area contributed by atoms with Crippen molar-refractivity contribution in [2.45, 2.75) is 24.9 Å². The number of nitrogens with two attached hydrogens (primary N) is 1. The second kappa shape index (κ2) is 5.54. The summed E-state index contributed by atoms with van der Waals surface area (Å²) in [6, 6.07) is 0. The molecule has 1 aliphatic heterocycles. The highest BCUT2D eigenvalue weighted by Crippen LogP contribution is 2.39. The van der Waals surface area contributed by atoms with Crippen LogP contribution in [0.4, 0.5) is 5.82 Å². The van der Waals surface area contributed by atoms with Crippen LogP contribution in [0.25, 0.3) is 11.2 Å². The van der Waals surface area contributed by atoms with Gasteiger partial charge in [0.2, 0.25) is 0 Å². The summed E-state index contributed by atoms with van der Waals surface area (Å²) in [5.41, 5.74) is 6.44. The monoisotopic (exact) mass is 329 g/mol. The molecule has 0 aromatic carbocycles. The summed E-state index contributed by atoms with van der Waals surface area (Å²) in [6.07, 6.45) is -0.0233. The fourth-order valence-corrected chi connectivity index (χ4v) is 2.95. The lowest BCUT2D eigenvalue weighted by Gasteiger charge is -2.32. The molecule has 1 aliphatic rings. The van der Waals surface area contributed by atoms with Gasteiger partial charge in [-0.25, -0.2) is 15.0 Å². The third-order valence-electron chi connectivity index (χ3n) is 3.32. The van der Waals surface area contributed by atoms with E-state index >= 15 is 0 Å². The van der Waals surface area contributed by atoms with Crippen molar-refractivity contribution in [2.75, 3.05) is 12.3 Å². The van der Waals surface area contributed by atoms with Gasteiger partial charge in [0.15, 0.2) is 11.5 Å². The average molecular weight is 329 g/mol. The first-order valence-electron chi connectivity index (χ1n) is 6.29. The van der Waals surface area contributed by atoms with Crippen LogP contribution in [-0.4, -0.2) is 43.4 Å². The second-order valence-electron chi connectivity index (χ2n) is 4.72. The smallest absolute Gasteiger partial charge is 0.167 e. The molecule has 0 amide bonds. The number of phosphoric acid groups is 1. The number of aliphatic hydroxyl groups is 1. The van der Waals surface area contributed by atoms with Gasteiger partial charge in [-0.3, -0.25) is 4.57 Å². The Kier molecular flexibility index (Phi) is 3.85. The number of anilines is 1. The minimum absolute atomic E-state index is 0.0368. The summed E-state index contributed by atoms with van der Waals surface area (Å²) in [5.74, 6) is 0.192. The number of hydrogen-bond donors (Lipinski definition) is 2. The third kappa shape index (κ3) is 2.82. The van der Waals surface area contributed by atoms with E-state index in [0.29, 0.717) is 11.2 Å². The molecule has 1 saturated heterocycles. The molecule has 3 N–H and O–H groups in total. The highest BCUT2D eigenvalue weighted by atomic mass is 31.2. The van der Waals surface area contributed by atoms with Crippen molar-refractivity contribution >= 4 is 24.8 Å². The van der Waals surface area contributed by atoms with Crippen molar-refractivity contribution in [1.82, 2.24) is 19.5 Å². The van der Waals surface area contributed by atoms with E-state index < -0.39 is 32.9 Å². The van der Waals surface area contributed by atoms with E-state index in [0.717, 1.165) is 0 Å². The number of hydrogen-bond acceptors (Lipinski definition) is 10. The van der Waals surface area contributed by atoms with Gasteiger partial charge in [-0.05, 0) is 0 Å². The van der Waals surface area contributed by atoms with E-state index in [-0.39, 0.29) is 12.2 Å². The second-order valence-corrected chi connectivity index (χ2v) is 5.83. The predicted octanol–water partition coefficient (Wildman–Crippen LogP) is -2.10. The molecule has 3 rings (SSSR count). The van der Waals surface area contributed by atoms with Gasteiger partial charge in [-0.2, -0.15) is 0 Å². The lowest BCUT2D eigenvalue weighted by atomic mass is 10.2. The summed E-state index contributed by atoms with van der Waals surface area (Å²) in [5, 5.41) is 9.24. The van der Waals surface area contributed by atoms with Crippen molar-refractivity contribution < 1.29 is 28.7 Å². The zero-order valence-electron chi connectivity index (χ0n) is 11.1. The first-order chi connectivity index (χ1) is 10.4. The van der Waals surface area contributed by atoms with Gasteiger partial charge in [-0.15, -0.1) is 0 Å². The molecular formula is C10H12N5O6P-2. The van der Waals surface area contributed by atoms with Gasteiger partial charge in [0.25, 0.3) is 0 Å². The summed E-state index contributed by atoms with van der Waals surface area (Å²) < 4.78 is 22.2. The molecule has 1 fully saturated rings. The number of nitrogen functional groups attached to an aromatic ring is 1. The van der Waals surface area contributed by atoms with Crippen LogP contribution in [0.15, 0.2) is 12.7 Å². The number of fused-ring (bicyclic) bond motifs is 1. The number of nitrogens with zero attached hydrogens (tertiary/aromatic N) is 4. The van der Waals surface area contributed by atoms with Gasteiger partial charge in [0.05, 0.1) is 26.9 Å². The standard InChI is InChI=1S/C10H14N5O6P/c11-9-8-10(13-3-12-9)15(4-14-8)7-1-5(6(2-16)20-7)21-22(17,18)19/h3-7,16H,1-2H2,(H2,11,12,13)(H2,17,18,19)/p-2/t5-,6+,7+/m0/s1. The Balaban J connectivity index is 1.89. The highest BCUT2D eigenvalue weighted by Gasteiger charge is 2.38. The van der Waals surface area contributed by atoms with Crippen LogP contribution in [-0.2, 0) is 13.8 Å². The van der Waals surface area contributed by atoms with Crippen molar-refractivity contribution in [2.24, 2.45) is 0 Å². The van der Waals surface area contributed by atoms with E-state index in [2.05, 4.69) is 19.5 Å². The van der Waals surface area contributed by atoms with E-state index in [4.69, 9.17) is 10.5 Å². The molecule has 2 aromatic heterocycles. The largest absolute Gasteiger partial charge is 0.790 e. The quantitative estimate of drug-likeness (QED) is 0.592. The van der Waals surface area contributed by atoms with Crippen LogP contribution in [0.5, 0.6) is 0 Å². The molecule has 2 aromatic rings. The van der Waals surface area contributed by atoms with E-state index in [9.17, 15) is 19.5 Å². The third-order valence-corrected chi connectivity index (χ3v) is 3.85. The maximum absolute atomic E-state index is 10.8. The number of aromatic nitrogens is 4. The molecule has 0 spiro atoms. The number of imidazole rings is 1. The Morgan fingerprint density at radius 3 is 2.95 bits per heavy atom. The summed E-state index contributed by atoms with van der Waals surface area (Å²) in [4.78, 5) is 33.4. The average Bonchev–Trinajstić information content (AvgIpc) is 3.01. The minimum atomic E-state index is -5.19. The molecule has 3 atom stereocenters. The number of phosphoric ester groups is 1. The lowest BCUT2D eigenvalue weighted by molar-refractivity contribution is -0.345. The molecule has 12 heteroatoms. The molecule has 0 unspecified atom stereocenters. The van der Waals surface area contributed by atoms with Crippen LogP contribution in [0.1, 0.15) is 12.6 Å². The van der Waals surface area contributed by atoms with Gasteiger partial charge in [0, 0.05) is 6.42 Å². The Labute approximate surface area is 124 Å². The number of rotatable bonds is 4. The van der Waals surface area contributed by atoms with Crippen LogP contribution in [0.2, 0.25) is 0 Å². The first kappa shape index (κ1) is 15.3. The van der Waals surface area contributed by atoms with Crippen molar-refractivity contribution in [1.29, 1.82) is 0 Å². The van der Waals surface area contributed by atoms with Crippen molar-refractivity contribution in [3.63, 3.8) is 0 Å². The molecule has 0 aliphatic carbocycles. The fraction of sp³-hybridized carbons (Fsp3) is 0.500. The van der Waals surface area contributed by atoms with Gasteiger partial charge >= 0.3 is 0 Å². The summed E-state index contributed by atoms with van der Waals surface area (Å²) in [7, 11) is -5.19. The van der Waals surface area contributed by atoms with Crippen molar-refractivity contribution in [3.8, 4) is 0 Å². The van der Waals surface area contributed by atoms with Crippen LogP contribution >= 0.6 is 7.82 Å². The Morgan fingerprint density at radius 2 is 2.27 bits per heavy atom. The Morgan fingerprint density at radius 1 is 1.50 bits per heavy atom. The number of aliphatic hydroxyl groups excluding tert-OH is 1.